The van der Waals surface area contributed by atoms with Gasteiger partial charge in [-0.2, -0.15) is 0 Å². The lowest BCUT2D eigenvalue weighted by Crippen LogP contribution is -2.34. The Labute approximate surface area is 275 Å². The number of methoxy groups -OCH3 is 1. The van der Waals surface area contributed by atoms with E-state index in [-0.39, 0.29) is 17.6 Å². The van der Waals surface area contributed by atoms with Crippen molar-refractivity contribution >= 4 is 11.3 Å². The lowest BCUT2D eigenvalue weighted by molar-refractivity contribution is -0.274. The number of hydrogen-bond acceptors (Lipinski definition) is 8. The van der Waals surface area contributed by atoms with Crippen LogP contribution < -0.4 is 19.6 Å². The summed E-state index contributed by atoms with van der Waals surface area (Å²) >= 11 is 1.48. The van der Waals surface area contributed by atoms with Crippen LogP contribution in [0.25, 0.3) is 22.8 Å². The molecule has 0 radical (unpaired) electrons. The Hall–Kier alpha value is -4.46. The van der Waals surface area contributed by atoms with Crippen LogP contribution in [-0.4, -0.2) is 50.8 Å². The number of nitrogens with one attached hydrogen (secondary N) is 1. The molecule has 2 heterocycles. The first kappa shape index (κ1) is 33.9. The standard InChI is InChI=1S/C34H37F3N6O3S/c1-21(2)29-17-28(45-5)14-15-30(29)43-23(4)19-47-33(43)40-32(44)38-18-22(3)16-24-6-8-25(9-7-24)31-39-20-42(41-31)26-10-12-27(13-11-26)46-34(35,36)37/h6-15,17,19-22,32,38,44H,16,18H2,1-5H3/b40-33-. The molecule has 47 heavy (non-hydrogen) atoms. The van der Waals surface area contributed by atoms with Gasteiger partial charge in [0, 0.05) is 23.2 Å². The highest BCUT2D eigenvalue weighted by atomic mass is 32.1. The van der Waals surface area contributed by atoms with Gasteiger partial charge in [-0.1, -0.05) is 45.0 Å². The summed E-state index contributed by atoms with van der Waals surface area (Å²) in [5.74, 6) is 1.46. The van der Waals surface area contributed by atoms with Crippen LogP contribution in [0.5, 0.6) is 11.5 Å². The van der Waals surface area contributed by atoms with Crippen molar-refractivity contribution in [2.45, 2.75) is 52.7 Å². The van der Waals surface area contributed by atoms with E-state index < -0.39 is 12.7 Å². The molecule has 0 saturated carbocycles. The number of ether oxygens (including phenoxy) is 2. The van der Waals surface area contributed by atoms with E-state index in [2.05, 4.69) is 50.5 Å². The van der Waals surface area contributed by atoms with Crippen LogP contribution >= 0.6 is 11.3 Å². The summed E-state index contributed by atoms with van der Waals surface area (Å²) in [6.45, 7) is 8.95. The van der Waals surface area contributed by atoms with Gasteiger partial charge in [0.1, 0.15) is 17.8 Å². The molecule has 13 heteroatoms. The van der Waals surface area contributed by atoms with Gasteiger partial charge in [0.25, 0.3) is 0 Å². The van der Waals surface area contributed by atoms with Crippen molar-refractivity contribution in [3.05, 3.63) is 100 Å². The molecule has 0 saturated heterocycles. The van der Waals surface area contributed by atoms with E-state index in [4.69, 9.17) is 4.74 Å². The average molecular weight is 667 g/mol. The van der Waals surface area contributed by atoms with Crippen molar-refractivity contribution in [1.82, 2.24) is 24.6 Å². The summed E-state index contributed by atoms with van der Waals surface area (Å²) in [4.78, 5) is 9.64. The number of aromatic nitrogens is 4. The molecule has 0 bridgehead atoms. The number of aliphatic hydroxyl groups excluding tert-OH is 1. The van der Waals surface area contributed by atoms with Crippen molar-refractivity contribution in [1.29, 1.82) is 0 Å². The third-order valence-electron chi connectivity index (χ3n) is 7.48. The number of halogens is 3. The van der Waals surface area contributed by atoms with Gasteiger partial charge >= 0.3 is 6.36 Å². The minimum atomic E-state index is -4.75. The number of rotatable bonds is 12. The van der Waals surface area contributed by atoms with Gasteiger partial charge in [-0.25, -0.2) is 14.7 Å². The van der Waals surface area contributed by atoms with Crippen molar-refractivity contribution in [2.75, 3.05) is 13.7 Å². The number of aryl methyl sites for hydroxylation is 1. The molecule has 9 nitrogen and oxygen atoms in total. The number of nitrogens with zero attached hydrogens (tertiary/aromatic N) is 5. The van der Waals surface area contributed by atoms with Crippen LogP contribution in [0.3, 0.4) is 0 Å². The van der Waals surface area contributed by atoms with Crippen LogP contribution in [0.15, 0.2) is 83.4 Å². The van der Waals surface area contributed by atoms with Crippen molar-refractivity contribution < 1.29 is 27.8 Å². The Morgan fingerprint density at radius 2 is 1.70 bits per heavy atom. The molecule has 248 valence electrons. The Kier molecular flexibility index (Phi) is 10.5. The molecule has 2 aromatic heterocycles. The summed E-state index contributed by atoms with van der Waals surface area (Å²) < 4.78 is 50.2. The van der Waals surface area contributed by atoms with E-state index in [1.165, 1.54) is 46.6 Å². The van der Waals surface area contributed by atoms with E-state index in [1.54, 1.807) is 7.11 Å². The second-order valence-corrected chi connectivity index (χ2v) is 12.4. The molecule has 5 aromatic rings. The Bertz CT molecular complexity index is 1850. The molecule has 2 N–H and O–H groups in total. The van der Waals surface area contributed by atoms with E-state index in [9.17, 15) is 18.3 Å². The van der Waals surface area contributed by atoms with Crippen molar-refractivity contribution in [2.24, 2.45) is 10.9 Å². The van der Waals surface area contributed by atoms with Gasteiger partial charge in [0.2, 0.25) is 6.35 Å². The molecular weight excluding hydrogens is 629 g/mol. The molecule has 3 aromatic carbocycles. The van der Waals surface area contributed by atoms with E-state index in [0.29, 0.717) is 22.9 Å². The minimum absolute atomic E-state index is 0.207. The fourth-order valence-corrected chi connectivity index (χ4v) is 6.03. The molecule has 0 spiro atoms. The van der Waals surface area contributed by atoms with Gasteiger partial charge < -0.3 is 14.6 Å². The van der Waals surface area contributed by atoms with Gasteiger partial charge in [-0.15, -0.1) is 29.6 Å². The predicted molar refractivity (Wildman–Crippen MR) is 175 cm³/mol. The number of thiazole rings is 1. The van der Waals surface area contributed by atoms with E-state index >= 15 is 0 Å². The zero-order valence-corrected chi connectivity index (χ0v) is 27.5. The zero-order valence-electron chi connectivity index (χ0n) is 26.7. The van der Waals surface area contributed by atoms with Crippen LogP contribution in [0.4, 0.5) is 13.2 Å². The third-order valence-corrected chi connectivity index (χ3v) is 8.44. The van der Waals surface area contributed by atoms with E-state index in [0.717, 1.165) is 40.2 Å². The largest absolute Gasteiger partial charge is 0.573 e. The van der Waals surface area contributed by atoms with Crippen LogP contribution in [-0.2, 0) is 6.42 Å². The Morgan fingerprint density at radius 3 is 2.36 bits per heavy atom. The monoisotopic (exact) mass is 666 g/mol. The maximum atomic E-state index is 12.4. The minimum Gasteiger partial charge on any atom is -0.497 e. The molecule has 2 atom stereocenters. The first-order valence-corrected chi connectivity index (χ1v) is 16.0. The van der Waals surface area contributed by atoms with Gasteiger partial charge in [-0.05, 0) is 78.8 Å². The second-order valence-electron chi connectivity index (χ2n) is 11.5. The highest BCUT2D eigenvalue weighted by Gasteiger charge is 2.31. The van der Waals surface area contributed by atoms with E-state index in [1.807, 2.05) is 54.8 Å². The number of benzene rings is 3. The molecule has 0 aliphatic rings. The van der Waals surface area contributed by atoms with Crippen molar-refractivity contribution in [3.8, 4) is 34.3 Å². The number of alkyl halides is 3. The van der Waals surface area contributed by atoms with Crippen LogP contribution in [0, 0.1) is 12.8 Å². The molecule has 2 unspecified atom stereocenters. The third kappa shape index (κ3) is 8.67. The van der Waals surface area contributed by atoms with Gasteiger partial charge in [0.05, 0.1) is 18.5 Å². The highest BCUT2D eigenvalue weighted by molar-refractivity contribution is 7.07. The molecule has 0 aliphatic heterocycles. The fourth-order valence-electron chi connectivity index (χ4n) is 5.14. The molecular formula is C34H37F3N6O3S. The molecule has 0 amide bonds. The first-order chi connectivity index (χ1) is 22.4. The zero-order chi connectivity index (χ0) is 33.7. The fraction of sp³-hybridized carbons (Fsp3) is 0.324. The van der Waals surface area contributed by atoms with Crippen LogP contribution in [0.2, 0.25) is 0 Å². The summed E-state index contributed by atoms with van der Waals surface area (Å²) in [5.41, 5.74) is 5.64. The summed E-state index contributed by atoms with van der Waals surface area (Å²) in [6.07, 6.45) is -3.54. The lowest BCUT2D eigenvalue weighted by atomic mass is 10.00. The smallest absolute Gasteiger partial charge is 0.497 e. The number of aliphatic hydroxyl groups is 1. The van der Waals surface area contributed by atoms with Gasteiger partial charge in [0.15, 0.2) is 10.6 Å². The molecule has 0 aliphatic carbocycles. The lowest BCUT2D eigenvalue weighted by Gasteiger charge is -2.17. The Morgan fingerprint density at radius 1 is 1.00 bits per heavy atom. The maximum absolute atomic E-state index is 12.4. The average Bonchev–Trinajstić information content (AvgIpc) is 3.67. The Balaban J connectivity index is 1.19. The predicted octanol–water partition coefficient (Wildman–Crippen LogP) is 6.77. The summed E-state index contributed by atoms with van der Waals surface area (Å²) in [6, 6.07) is 19.3. The summed E-state index contributed by atoms with van der Waals surface area (Å²) in [7, 11) is 1.66. The molecule has 0 fully saturated rings. The second kappa shape index (κ2) is 14.5. The summed E-state index contributed by atoms with van der Waals surface area (Å²) in [5, 5.41) is 20.4. The topological polar surface area (TPSA) is 98.7 Å². The number of hydrogen-bond donors (Lipinski definition) is 2. The van der Waals surface area contributed by atoms with Crippen molar-refractivity contribution in [3.63, 3.8) is 0 Å². The van der Waals surface area contributed by atoms with Crippen LogP contribution in [0.1, 0.15) is 43.5 Å². The highest BCUT2D eigenvalue weighted by Crippen LogP contribution is 2.28. The first-order valence-electron chi connectivity index (χ1n) is 15.1. The molecule has 5 rings (SSSR count). The van der Waals surface area contributed by atoms with Gasteiger partial charge in [-0.3, -0.25) is 9.88 Å². The SMILES string of the molecule is COc1ccc(-n2c(C)cs/c2=N\C(O)NCC(C)Cc2ccc(-c3ncn(-c4ccc(OC(F)(F)F)cc4)n3)cc2)c(C(C)C)c1. The maximum Gasteiger partial charge on any atom is 0.573 e. The quantitative estimate of drug-likeness (QED) is 0.143. The normalized spacial score (nSPS) is 13.6.